The van der Waals surface area contributed by atoms with Gasteiger partial charge in [-0.25, -0.2) is 8.42 Å². The number of aryl methyl sites for hydroxylation is 1. The third-order valence-corrected chi connectivity index (χ3v) is 11.9. The van der Waals surface area contributed by atoms with E-state index in [0.717, 1.165) is 16.7 Å². The van der Waals surface area contributed by atoms with E-state index in [1.807, 2.05) is 53.4 Å². The number of hydrogen-bond acceptors (Lipinski definition) is 5. The Hall–Kier alpha value is -3.65. The summed E-state index contributed by atoms with van der Waals surface area (Å²) in [7, 11) is -3.87. The third-order valence-electron chi connectivity index (χ3n) is 9.35. The average Bonchev–Trinajstić information content (AvgIpc) is 3.42. The van der Waals surface area contributed by atoms with Crippen LogP contribution >= 0.6 is 0 Å². The van der Waals surface area contributed by atoms with Crippen LogP contribution in [0, 0.1) is 11.8 Å². The lowest BCUT2D eigenvalue weighted by molar-refractivity contribution is -0.146. The molecule has 3 aromatic rings. The fraction of sp³-hybridized carbons (Fsp3) is 0.394. The number of benzene rings is 3. The van der Waals surface area contributed by atoms with E-state index in [1.54, 1.807) is 30.3 Å². The lowest BCUT2D eigenvalue weighted by Gasteiger charge is -2.43. The van der Waals surface area contributed by atoms with Crippen molar-refractivity contribution in [2.45, 2.75) is 67.2 Å². The molecule has 214 valence electrons. The predicted molar refractivity (Wildman–Crippen MR) is 154 cm³/mol. The van der Waals surface area contributed by atoms with Crippen molar-refractivity contribution >= 4 is 21.7 Å². The van der Waals surface area contributed by atoms with E-state index >= 15 is 0 Å². The lowest BCUT2D eigenvalue weighted by Crippen LogP contribution is -2.53. The van der Waals surface area contributed by atoms with Gasteiger partial charge in [0, 0.05) is 12.5 Å². The molecule has 0 aromatic heterocycles. The molecule has 41 heavy (non-hydrogen) atoms. The lowest BCUT2D eigenvalue weighted by atomic mass is 9.77. The van der Waals surface area contributed by atoms with E-state index < -0.39 is 32.5 Å². The van der Waals surface area contributed by atoms with Gasteiger partial charge in [-0.1, -0.05) is 54.6 Å². The number of carboxylic acid groups (broad SMARTS) is 1. The first-order valence-electron chi connectivity index (χ1n) is 14.4. The van der Waals surface area contributed by atoms with Crippen LogP contribution in [0.4, 0.5) is 0 Å². The summed E-state index contributed by atoms with van der Waals surface area (Å²) in [6.45, 7) is 0.780. The van der Waals surface area contributed by atoms with Crippen LogP contribution in [-0.2, 0) is 37.2 Å². The highest BCUT2D eigenvalue weighted by atomic mass is 32.2. The van der Waals surface area contributed by atoms with E-state index in [2.05, 4.69) is 0 Å². The van der Waals surface area contributed by atoms with Crippen molar-refractivity contribution in [1.29, 1.82) is 0 Å². The van der Waals surface area contributed by atoms with Crippen molar-refractivity contribution < 1.29 is 27.9 Å². The highest BCUT2D eigenvalue weighted by molar-refractivity contribution is 7.92. The topological polar surface area (TPSA) is 101 Å². The molecule has 3 aliphatic rings. The molecular formula is C33H35NO6S. The summed E-state index contributed by atoms with van der Waals surface area (Å²) in [5.74, 6) is -0.818. The maximum atomic E-state index is 14.6. The smallest absolute Gasteiger partial charge is 0.306 e. The predicted octanol–water partition coefficient (Wildman–Crippen LogP) is 5.37. The van der Waals surface area contributed by atoms with Crippen LogP contribution in [0.1, 0.15) is 55.2 Å². The van der Waals surface area contributed by atoms with Crippen LogP contribution in [-0.4, -0.2) is 42.9 Å². The number of sulfone groups is 1. The molecule has 1 heterocycles. The highest BCUT2D eigenvalue weighted by Crippen LogP contribution is 2.53. The summed E-state index contributed by atoms with van der Waals surface area (Å²) in [6, 6.07) is 23.7. The normalized spacial score (nSPS) is 25.7. The number of fused-ring (bicyclic) bond motifs is 3. The van der Waals surface area contributed by atoms with Gasteiger partial charge in [-0.2, -0.15) is 0 Å². The summed E-state index contributed by atoms with van der Waals surface area (Å²) in [5, 5.41) is 9.39. The van der Waals surface area contributed by atoms with Gasteiger partial charge in [0.2, 0.25) is 5.91 Å². The molecule has 1 aliphatic heterocycles. The van der Waals surface area contributed by atoms with Crippen molar-refractivity contribution in [3.63, 3.8) is 0 Å². The summed E-state index contributed by atoms with van der Waals surface area (Å²) < 4.78 is 34.0. The van der Waals surface area contributed by atoms with Crippen LogP contribution in [0.15, 0.2) is 83.8 Å². The van der Waals surface area contributed by atoms with Gasteiger partial charge in [-0.15, -0.1) is 0 Å². The first-order chi connectivity index (χ1) is 19.8. The fourth-order valence-electron chi connectivity index (χ4n) is 7.23. The molecule has 2 fully saturated rings. The van der Waals surface area contributed by atoms with E-state index in [0.29, 0.717) is 63.8 Å². The molecular weight excluding hydrogens is 538 g/mol. The Kier molecular flexibility index (Phi) is 7.36. The second kappa shape index (κ2) is 11.0. The van der Waals surface area contributed by atoms with Crippen molar-refractivity contribution in [3.8, 4) is 5.75 Å². The Morgan fingerprint density at radius 1 is 0.878 bits per heavy atom. The summed E-state index contributed by atoms with van der Waals surface area (Å²) in [6.07, 6.45) is 3.51. The molecule has 1 N–H and O–H groups in total. The van der Waals surface area contributed by atoms with Gasteiger partial charge in [-0.05, 0) is 85.9 Å². The van der Waals surface area contributed by atoms with Crippen LogP contribution in [0.2, 0.25) is 0 Å². The number of nitrogens with zero attached hydrogens (tertiary/aromatic N) is 1. The second-order valence-electron chi connectivity index (χ2n) is 11.5. The van der Waals surface area contributed by atoms with Gasteiger partial charge in [-0.3, -0.25) is 9.59 Å². The molecule has 3 aromatic carbocycles. The van der Waals surface area contributed by atoms with Crippen LogP contribution in [0.5, 0.6) is 5.75 Å². The minimum atomic E-state index is -3.87. The first-order valence-corrected chi connectivity index (χ1v) is 15.9. The molecule has 1 saturated heterocycles. The SMILES string of the molecule is O=C(O)[C@H]1CC[C@H](C(=O)N2CC[C@@]3(S(=O)(=O)c4ccccc4)c4ccc(OCc5ccccc5)cc4CC[C@@H]23)CC1. The summed E-state index contributed by atoms with van der Waals surface area (Å²) in [5.41, 5.74) is 2.76. The number of carbonyl (C=O) groups is 2. The van der Waals surface area contributed by atoms with Crippen LogP contribution in [0.25, 0.3) is 0 Å². The van der Waals surface area contributed by atoms with Gasteiger partial charge in [0.1, 0.15) is 17.1 Å². The van der Waals surface area contributed by atoms with Crippen LogP contribution < -0.4 is 4.74 Å². The molecule has 2 atom stereocenters. The third kappa shape index (κ3) is 4.82. The number of carboxylic acids is 1. The first kappa shape index (κ1) is 27.5. The quantitative estimate of drug-likeness (QED) is 0.408. The highest BCUT2D eigenvalue weighted by Gasteiger charge is 2.61. The second-order valence-corrected chi connectivity index (χ2v) is 13.7. The Labute approximate surface area is 241 Å². The standard InChI is InChI=1S/C33H35NO6S/c35-31(24-11-13-25(14-12-24)32(36)37)34-20-19-33(41(38,39)28-9-5-2-6-10-28)29-17-16-27(21-26(29)15-18-30(33)34)40-22-23-7-3-1-4-8-23/h1-10,16-17,21,24-25,30H,11-15,18-20,22H2,(H,36,37)/t24-,25-,30-,33-/m1/s1. The molecule has 1 saturated carbocycles. The Balaban J connectivity index is 1.34. The van der Waals surface area contributed by atoms with Gasteiger partial charge in [0.05, 0.1) is 16.9 Å². The molecule has 0 unspecified atom stereocenters. The van der Waals surface area contributed by atoms with E-state index in [1.165, 1.54) is 0 Å². The zero-order valence-corrected chi connectivity index (χ0v) is 23.8. The monoisotopic (exact) mass is 573 g/mol. The van der Waals surface area contributed by atoms with Crippen molar-refractivity contribution in [1.82, 2.24) is 4.90 Å². The molecule has 0 spiro atoms. The van der Waals surface area contributed by atoms with Gasteiger partial charge < -0.3 is 14.7 Å². The molecule has 8 heteroatoms. The number of amides is 1. The van der Waals surface area contributed by atoms with E-state index in [-0.39, 0.29) is 16.7 Å². The fourth-order valence-corrected chi connectivity index (χ4v) is 9.62. The van der Waals surface area contributed by atoms with Gasteiger partial charge in [0.25, 0.3) is 0 Å². The zero-order chi connectivity index (χ0) is 28.6. The van der Waals surface area contributed by atoms with Crippen LogP contribution in [0.3, 0.4) is 0 Å². The maximum absolute atomic E-state index is 14.6. The summed E-state index contributed by atoms with van der Waals surface area (Å²) >= 11 is 0. The van der Waals surface area contributed by atoms with E-state index in [9.17, 15) is 23.1 Å². The minimum Gasteiger partial charge on any atom is -0.489 e. The summed E-state index contributed by atoms with van der Waals surface area (Å²) in [4.78, 5) is 27.4. The number of hydrogen-bond donors (Lipinski definition) is 1. The minimum absolute atomic E-state index is 0.0322. The van der Waals surface area contributed by atoms with Gasteiger partial charge in [0.15, 0.2) is 9.84 Å². The average molecular weight is 574 g/mol. The molecule has 2 aliphatic carbocycles. The van der Waals surface area contributed by atoms with Gasteiger partial charge >= 0.3 is 5.97 Å². The number of aliphatic carboxylic acids is 1. The number of likely N-dealkylation sites (tertiary alicyclic amines) is 1. The molecule has 1 amide bonds. The number of ether oxygens (including phenoxy) is 1. The maximum Gasteiger partial charge on any atom is 0.306 e. The zero-order valence-electron chi connectivity index (χ0n) is 22.9. The van der Waals surface area contributed by atoms with E-state index in [4.69, 9.17) is 4.74 Å². The Morgan fingerprint density at radius 3 is 2.22 bits per heavy atom. The molecule has 0 radical (unpaired) electrons. The molecule has 0 bridgehead atoms. The van der Waals surface area contributed by atoms with Crippen molar-refractivity contribution in [2.75, 3.05) is 6.54 Å². The molecule has 6 rings (SSSR count). The Morgan fingerprint density at radius 2 is 1.54 bits per heavy atom. The number of carbonyl (C=O) groups excluding carboxylic acids is 1. The molecule has 7 nitrogen and oxygen atoms in total. The van der Waals surface area contributed by atoms with Crippen molar-refractivity contribution in [3.05, 3.63) is 95.6 Å². The van der Waals surface area contributed by atoms with Crippen molar-refractivity contribution in [2.24, 2.45) is 11.8 Å². The number of rotatable bonds is 7. The largest absolute Gasteiger partial charge is 0.489 e. The Bertz CT molecular complexity index is 1530.